The van der Waals surface area contributed by atoms with E-state index < -0.39 is 51.9 Å². The Hall–Kier alpha value is -5.39. The molecule has 0 aromatic heterocycles. The molecule has 0 radical (unpaired) electrons. The maximum Gasteiger partial charge on any atom is 0.272 e. The van der Waals surface area contributed by atoms with Crippen molar-refractivity contribution in [2.75, 3.05) is 10.6 Å². The third-order valence-electron chi connectivity index (χ3n) is 6.78. The second-order valence-corrected chi connectivity index (χ2v) is 11.7. The molecule has 0 heterocycles. The summed E-state index contributed by atoms with van der Waals surface area (Å²) in [6.45, 7) is 0. The van der Waals surface area contributed by atoms with Crippen molar-refractivity contribution in [2.45, 2.75) is 10.1 Å². The van der Waals surface area contributed by atoms with Gasteiger partial charge in [0, 0.05) is 27.2 Å². The number of halogens is 5. The Bertz CT molecular complexity index is 1990. The van der Waals surface area contributed by atoms with Crippen molar-refractivity contribution < 1.29 is 31.9 Å². The molecule has 0 aliphatic heterocycles. The summed E-state index contributed by atoms with van der Waals surface area (Å²) in [4.78, 5) is 40.3. The van der Waals surface area contributed by atoms with E-state index in [0.717, 1.165) is 11.8 Å². The van der Waals surface area contributed by atoms with Crippen LogP contribution in [0.4, 0.5) is 28.9 Å². The van der Waals surface area contributed by atoms with E-state index in [4.69, 9.17) is 11.6 Å². The Morgan fingerprint density at radius 1 is 0.708 bits per heavy atom. The zero-order chi connectivity index (χ0) is 34.2. The van der Waals surface area contributed by atoms with Crippen molar-refractivity contribution >= 4 is 58.5 Å². The Kier molecular flexibility index (Phi) is 10.9. The quantitative estimate of drug-likeness (QED) is 0.0592. The van der Waals surface area contributed by atoms with Gasteiger partial charge in [-0.1, -0.05) is 84.4 Å². The number of thioether (sulfide) groups is 1. The average molecular weight is 690 g/mol. The van der Waals surface area contributed by atoms with Crippen LogP contribution in [-0.4, -0.2) is 17.7 Å². The molecular formula is C36H24ClF4N3O3S. The van der Waals surface area contributed by atoms with E-state index in [0.29, 0.717) is 26.6 Å². The molecule has 0 aliphatic carbocycles. The molecule has 242 valence electrons. The molecule has 12 heteroatoms. The van der Waals surface area contributed by atoms with Gasteiger partial charge in [-0.2, -0.15) is 0 Å². The van der Waals surface area contributed by atoms with Gasteiger partial charge in [0.2, 0.25) is 5.91 Å². The summed E-state index contributed by atoms with van der Waals surface area (Å²) in [7, 11) is 0. The van der Waals surface area contributed by atoms with Gasteiger partial charge in [-0.15, -0.1) is 11.8 Å². The minimum absolute atomic E-state index is 0.0473. The van der Waals surface area contributed by atoms with E-state index in [1.165, 1.54) is 6.08 Å². The van der Waals surface area contributed by atoms with E-state index in [1.54, 1.807) is 109 Å². The lowest BCUT2D eigenvalue weighted by Crippen LogP contribution is -2.30. The fourth-order valence-corrected chi connectivity index (χ4v) is 5.72. The number of nitrogens with one attached hydrogen (secondary N) is 3. The topological polar surface area (TPSA) is 87.3 Å². The predicted molar refractivity (Wildman–Crippen MR) is 178 cm³/mol. The second-order valence-electron chi connectivity index (χ2n) is 10.1. The standard InChI is InChI=1S/C36H24ClF4N3O3S/c37-26-17-8-7-14-23(26)18-29(43-34(45)22-12-5-2-6-13-22)35(46)42-24-15-9-16-25(19-24)48-33(21-10-3-1-4-11-21)36(47)44-32-30(40)27(38)20-28(39)31(32)41/h1-20,33H,(H,42,46)(H,43,45)(H,44,47)/b29-18+. The van der Waals surface area contributed by atoms with E-state index in [1.807, 2.05) is 5.32 Å². The van der Waals surface area contributed by atoms with Crippen molar-refractivity contribution in [1.29, 1.82) is 0 Å². The van der Waals surface area contributed by atoms with Crippen LogP contribution < -0.4 is 16.0 Å². The summed E-state index contributed by atoms with van der Waals surface area (Å²) in [5.74, 6) is -9.00. The normalized spacial score (nSPS) is 11.8. The van der Waals surface area contributed by atoms with E-state index in [-0.39, 0.29) is 17.5 Å². The molecule has 0 aliphatic rings. The number of carbonyl (C=O) groups excluding carboxylic acids is 3. The molecule has 3 amide bonds. The number of carbonyl (C=O) groups is 3. The SMILES string of the molecule is O=C(Nc1cccc(SC(C(=O)Nc2c(F)c(F)cc(F)c2F)c2ccccc2)c1)/C(=C\c1ccccc1Cl)NC(=O)c1ccccc1. The van der Waals surface area contributed by atoms with Crippen LogP contribution >= 0.6 is 23.4 Å². The first kappa shape index (κ1) is 34.0. The first-order valence-corrected chi connectivity index (χ1v) is 15.5. The van der Waals surface area contributed by atoms with Crippen molar-refractivity contribution in [2.24, 2.45) is 0 Å². The van der Waals surface area contributed by atoms with E-state index in [9.17, 15) is 31.9 Å². The Morgan fingerprint density at radius 3 is 2.00 bits per heavy atom. The van der Waals surface area contributed by atoms with Crippen LogP contribution in [0.5, 0.6) is 0 Å². The molecule has 0 fully saturated rings. The molecule has 0 saturated heterocycles. The highest BCUT2D eigenvalue weighted by Gasteiger charge is 2.27. The maximum atomic E-state index is 14.4. The number of anilines is 2. The first-order chi connectivity index (χ1) is 23.1. The summed E-state index contributed by atoms with van der Waals surface area (Å²) in [6, 6.07) is 29.6. The molecule has 0 bridgehead atoms. The van der Waals surface area contributed by atoms with Crippen LogP contribution in [0.15, 0.2) is 126 Å². The molecule has 5 aromatic carbocycles. The van der Waals surface area contributed by atoms with Gasteiger partial charge in [0.05, 0.1) is 0 Å². The van der Waals surface area contributed by atoms with E-state index >= 15 is 0 Å². The minimum atomic E-state index is -1.75. The molecule has 0 saturated carbocycles. The van der Waals surface area contributed by atoms with Crippen LogP contribution in [0.1, 0.15) is 26.7 Å². The molecule has 5 rings (SSSR count). The predicted octanol–water partition coefficient (Wildman–Crippen LogP) is 8.78. The highest BCUT2D eigenvalue weighted by Crippen LogP contribution is 2.38. The van der Waals surface area contributed by atoms with Crippen LogP contribution in [-0.2, 0) is 9.59 Å². The summed E-state index contributed by atoms with van der Waals surface area (Å²) < 4.78 is 56.5. The van der Waals surface area contributed by atoms with E-state index in [2.05, 4.69) is 10.6 Å². The minimum Gasteiger partial charge on any atom is -0.321 e. The fourth-order valence-electron chi connectivity index (χ4n) is 4.44. The number of rotatable bonds is 10. The van der Waals surface area contributed by atoms with Gasteiger partial charge >= 0.3 is 0 Å². The van der Waals surface area contributed by atoms with Gasteiger partial charge in [0.25, 0.3) is 11.8 Å². The van der Waals surface area contributed by atoms with Crippen LogP contribution in [0.25, 0.3) is 6.08 Å². The summed E-state index contributed by atoms with van der Waals surface area (Å²) >= 11 is 7.27. The average Bonchev–Trinajstić information content (AvgIpc) is 3.09. The molecule has 3 N–H and O–H groups in total. The molecule has 1 atom stereocenters. The smallest absolute Gasteiger partial charge is 0.272 e. The Morgan fingerprint density at radius 2 is 1.33 bits per heavy atom. The second kappa shape index (κ2) is 15.5. The summed E-state index contributed by atoms with van der Waals surface area (Å²) in [5.41, 5.74) is 0.129. The number of benzene rings is 5. The van der Waals surface area contributed by atoms with Gasteiger partial charge in [0.15, 0.2) is 23.3 Å². The molecule has 1 unspecified atom stereocenters. The van der Waals surface area contributed by atoms with Crippen molar-refractivity contribution in [1.82, 2.24) is 5.32 Å². The Labute approximate surface area is 281 Å². The zero-order valence-corrected chi connectivity index (χ0v) is 26.2. The van der Waals surface area contributed by atoms with Crippen LogP contribution in [0.3, 0.4) is 0 Å². The third kappa shape index (κ3) is 8.30. The first-order valence-electron chi connectivity index (χ1n) is 14.2. The maximum absolute atomic E-state index is 14.4. The lowest BCUT2D eigenvalue weighted by molar-refractivity contribution is -0.116. The largest absolute Gasteiger partial charge is 0.321 e. The number of amides is 3. The monoisotopic (exact) mass is 689 g/mol. The Balaban J connectivity index is 1.41. The van der Waals surface area contributed by atoms with Gasteiger partial charge < -0.3 is 16.0 Å². The van der Waals surface area contributed by atoms with Crippen molar-refractivity contribution in [3.8, 4) is 0 Å². The molecular weight excluding hydrogens is 666 g/mol. The van der Waals surface area contributed by atoms with Gasteiger partial charge in [0.1, 0.15) is 16.6 Å². The van der Waals surface area contributed by atoms with Gasteiger partial charge in [-0.05, 0) is 53.6 Å². The molecule has 0 spiro atoms. The zero-order valence-electron chi connectivity index (χ0n) is 24.6. The van der Waals surface area contributed by atoms with Crippen LogP contribution in [0, 0.1) is 23.3 Å². The van der Waals surface area contributed by atoms with Crippen molar-refractivity contribution in [3.63, 3.8) is 0 Å². The third-order valence-corrected chi connectivity index (χ3v) is 8.37. The molecule has 5 aromatic rings. The number of hydrogen-bond donors (Lipinski definition) is 3. The summed E-state index contributed by atoms with van der Waals surface area (Å²) in [5, 5.41) is 6.54. The lowest BCUT2D eigenvalue weighted by atomic mass is 10.1. The fraction of sp³-hybridized carbons (Fsp3) is 0.0278. The van der Waals surface area contributed by atoms with Crippen molar-refractivity contribution in [3.05, 3.63) is 166 Å². The highest BCUT2D eigenvalue weighted by atomic mass is 35.5. The highest BCUT2D eigenvalue weighted by molar-refractivity contribution is 8.00. The number of hydrogen-bond acceptors (Lipinski definition) is 4. The van der Waals surface area contributed by atoms with Gasteiger partial charge in [-0.25, -0.2) is 17.6 Å². The summed E-state index contributed by atoms with van der Waals surface area (Å²) in [6.07, 6.45) is 1.43. The lowest BCUT2D eigenvalue weighted by Gasteiger charge is -2.18. The van der Waals surface area contributed by atoms with Crippen LogP contribution in [0.2, 0.25) is 5.02 Å². The van der Waals surface area contributed by atoms with Gasteiger partial charge in [-0.3, -0.25) is 14.4 Å². The molecule has 6 nitrogen and oxygen atoms in total. The molecule has 48 heavy (non-hydrogen) atoms.